The van der Waals surface area contributed by atoms with Crippen molar-refractivity contribution in [3.05, 3.63) is 64.8 Å². The van der Waals surface area contributed by atoms with Gasteiger partial charge in [-0.1, -0.05) is 26.0 Å². The molecule has 28 heavy (non-hydrogen) atoms. The highest BCUT2D eigenvalue weighted by Crippen LogP contribution is 2.38. The number of hydrogen-bond donors (Lipinski definition) is 0. The molecule has 5 nitrogen and oxygen atoms in total. The first-order valence-corrected chi connectivity index (χ1v) is 10.2. The molecule has 2 heterocycles. The third-order valence-electron chi connectivity index (χ3n) is 4.08. The maximum atomic E-state index is 13.2. The molecule has 0 N–H and O–H groups in total. The summed E-state index contributed by atoms with van der Waals surface area (Å²) in [6, 6.07) is 11.0. The van der Waals surface area contributed by atoms with Crippen LogP contribution >= 0.6 is 11.8 Å². The number of amides is 2. The number of thioether (sulfide) groups is 1. The Balaban J connectivity index is 1.94. The molecule has 0 aliphatic carbocycles. The van der Waals surface area contributed by atoms with E-state index in [0.717, 1.165) is 16.9 Å². The maximum absolute atomic E-state index is 13.2. The third-order valence-corrected chi connectivity index (χ3v) is 5.17. The molecular weight excluding hydrogens is 372 g/mol. The Morgan fingerprint density at radius 2 is 1.61 bits per heavy atom. The molecule has 6 heteroatoms. The Morgan fingerprint density at radius 1 is 0.964 bits per heavy atom. The lowest BCUT2D eigenvalue weighted by Gasteiger charge is -2.15. The Morgan fingerprint density at radius 3 is 2.18 bits per heavy atom. The number of benzene rings is 1. The van der Waals surface area contributed by atoms with Crippen LogP contribution in [0.3, 0.4) is 0 Å². The summed E-state index contributed by atoms with van der Waals surface area (Å²) in [4.78, 5) is 32.0. The largest absolute Gasteiger partial charge is 0.491 e. The molecule has 1 aromatic carbocycles. The molecule has 1 aromatic heterocycles. The predicted octanol–water partition coefficient (Wildman–Crippen LogP) is 4.29. The van der Waals surface area contributed by atoms with Crippen molar-refractivity contribution in [2.24, 2.45) is 0 Å². The van der Waals surface area contributed by atoms with Gasteiger partial charge in [-0.05, 0) is 49.2 Å². The van der Waals surface area contributed by atoms with Crippen molar-refractivity contribution in [1.82, 2.24) is 9.88 Å². The Hall–Kier alpha value is -2.60. The molecule has 3 rings (SSSR count). The van der Waals surface area contributed by atoms with Crippen LogP contribution in [0.2, 0.25) is 0 Å². The summed E-state index contributed by atoms with van der Waals surface area (Å²) in [6.07, 6.45) is 3.39. The van der Waals surface area contributed by atoms with Gasteiger partial charge in [-0.3, -0.25) is 19.5 Å². The zero-order valence-electron chi connectivity index (χ0n) is 16.5. The number of pyridine rings is 1. The van der Waals surface area contributed by atoms with E-state index in [1.807, 2.05) is 64.1 Å². The Kier molecular flexibility index (Phi) is 6.19. The first kappa shape index (κ1) is 20.1. The summed E-state index contributed by atoms with van der Waals surface area (Å²) in [5.41, 5.74) is 2.07. The molecule has 2 amide bonds. The number of hydrogen-bond acceptors (Lipinski definition) is 5. The SMILES string of the molecule is CC(C)Oc1ccc(C2=C(SC(C)C)C(=O)N(Cc3ccncc3)C2=O)cc1. The predicted molar refractivity (Wildman–Crippen MR) is 112 cm³/mol. The van der Waals surface area contributed by atoms with Crippen LogP contribution in [0.5, 0.6) is 5.75 Å². The summed E-state index contributed by atoms with van der Waals surface area (Å²) in [5.74, 6) is 0.239. The zero-order chi connectivity index (χ0) is 20.3. The minimum Gasteiger partial charge on any atom is -0.491 e. The van der Waals surface area contributed by atoms with Crippen LogP contribution in [0.1, 0.15) is 38.8 Å². The fourth-order valence-corrected chi connectivity index (χ4v) is 3.95. The van der Waals surface area contributed by atoms with E-state index in [4.69, 9.17) is 4.74 Å². The quantitative estimate of drug-likeness (QED) is 0.654. The molecule has 0 bridgehead atoms. The van der Waals surface area contributed by atoms with Crippen molar-refractivity contribution < 1.29 is 14.3 Å². The van der Waals surface area contributed by atoms with Gasteiger partial charge in [0.2, 0.25) is 0 Å². The second kappa shape index (κ2) is 8.61. The molecule has 0 unspecified atom stereocenters. The molecule has 0 atom stereocenters. The van der Waals surface area contributed by atoms with Gasteiger partial charge in [0, 0.05) is 17.6 Å². The Labute approximate surface area is 169 Å². The third kappa shape index (κ3) is 4.44. The van der Waals surface area contributed by atoms with Gasteiger partial charge in [0.1, 0.15) is 5.75 Å². The molecular formula is C22H24N2O3S. The highest BCUT2D eigenvalue weighted by Gasteiger charge is 2.39. The Bertz CT molecular complexity index is 890. The van der Waals surface area contributed by atoms with E-state index >= 15 is 0 Å². The first-order valence-electron chi connectivity index (χ1n) is 9.30. The lowest BCUT2D eigenvalue weighted by atomic mass is 10.1. The summed E-state index contributed by atoms with van der Waals surface area (Å²) in [7, 11) is 0. The van der Waals surface area contributed by atoms with E-state index in [2.05, 4.69) is 4.98 Å². The summed E-state index contributed by atoms with van der Waals surface area (Å²) >= 11 is 1.43. The molecule has 0 radical (unpaired) electrons. The van der Waals surface area contributed by atoms with Crippen LogP contribution < -0.4 is 4.74 Å². The smallest absolute Gasteiger partial charge is 0.268 e. The van der Waals surface area contributed by atoms with Crippen LogP contribution in [0.15, 0.2) is 53.7 Å². The number of carbonyl (C=O) groups is 2. The fourth-order valence-electron chi connectivity index (χ4n) is 2.94. The second-order valence-electron chi connectivity index (χ2n) is 7.11. The van der Waals surface area contributed by atoms with Crippen molar-refractivity contribution >= 4 is 29.1 Å². The van der Waals surface area contributed by atoms with Gasteiger partial charge in [0.25, 0.3) is 11.8 Å². The van der Waals surface area contributed by atoms with Crippen LogP contribution in [-0.4, -0.2) is 33.1 Å². The standard InChI is InChI=1S/C22H24N2O3S/c1-14(2)27-18-7-5-17(6-8-18)19-20(28-15(3)4)22(26)24(21(19)25)13-16-9-11-23-12-10-16/h5-12,14-15H,13H2,1-4H3. The minimum atomic E-state index is -0.262. The molecule has 1 aliphatic rings. The fraction of sp³-hybridized carbons (Fsp3) is 0.318. The highest BCUT2D eigenvalue weighted by molar-refractivity contribution is 8.04. The van der Waals surface area contributed by atoms with Gasteiger partial charge in [-0.2, -0.15) is 0 Å². The number of imide groups is 1. The van der Waals surface area contributed by atoms with Gasteiger partial charge in [-0.15, -0.1) is 11.8 Å². The minimum absolute atomic E-state index is 0.0719. The van der Waals surface area contributed by atoms with Crippen molar-refractivity contribution in [2.75, 3.05) is 0 Å². The lowest BCUT2D eigenvalue weighted by molar-refractivity contribution is -0.137. The zero-order valence-corrected chi connectivity index (χ0v) is 17.3. The van der Waals surface area contributed by atoms with Crippen LogP contribution in [0.4, 0.5) is 0 Å². The summed E-state index contributed by atoms with van der Waals surface area (Å²) in [6.45, 7) is 8.19. The van der Waals surface area contributed by atoms with Crippen LogP contribution in [0, 0.1) is 0 Å². The molecule has 0 saturated carbocycles. The average Bonchev–Trinajstić information content (AvgIpc) is 2.87. The normalized spacial score (nSPS) is 14.6. The second-order valence-corrected chi connectivity index (χ2v) is 8.70. The van der Waals surface area contributed by atoms with Crippen LogP contribution in [0.25, 0.3) is 5.57 Å². The van der Waals surface area contributed by atoms with E-state index in [1.165, 1.54) is 16.7 Å². The van der Waals surface area contributed by atoms with E-state index in [1.54, 1.807) is 12.4 Å². The number of ether oxygens (including phenoxy) is 1. The number of aromatic nitrogens is 1. The van der Waals surface area contributed by atoms with Crippen molar-refractivity contribution in [3.63, 3.8) is 0 Å². The van der Waals surface area contributed by atoms with Crippen molar-refractivity contribution in [3.8, 4) is 5.75 Å². The number of carbonyl (C=O) groups excluding carboxylic acids is 2. The van der Waals surface area contributed by atoms with Crippen molar-refractivity contribution in [2.45, 2.75) is 45.6 Å². The monoisotopic (exact) mass is 396 g/mol. The highest BCUT2D eigenvalue weighted by atomic mass is 32.2. The topological polar surface area (TPSA) is 59.5 Å². The van der Waals surface area contributed by atoms with Gasteiger partial charge >= 0.3 is 0 Å². The lowest BCUT2D eigenvalue weighted by Crippen LogP contribution is -2.31. The maximum Gasteiger partial charge on any atom is 0.268 e. The van der Waals surface area contributed by atoms with Crippen molar-refractivity contribution in [1.29, 1.82) is 0 Å². The van der Waals surface area contributed by atoms with Crippen LogP contribution in [-0.2, 0) is 16.1 Å². The van der Waals surface area contributed by atoms with E-state index < -0.39 is 0 Å². The number of nitrogens with zero attached hydrogens (tertiary/aromatic N) is 2. The van der Waals surface area contributed by atoms with Gasteiger partial charge < -0.3 is 4.74 Å². The van der Waals surface area contributed by atoms with Gasteiger partial charge in [-0.25, -0.2) is 0 Å². The molecule has 1 aliphatic heterocycles. The summed E-state index contributed by atoms with van der Waals surface area (Å²) < 4.78 is 5.68. The molecule has 2 aromatic rings. The molecule has 0 fully saturated rings. The number of rotatable bonds is 7. The molecule has 0 spiro atoms. The van der Waals surface area contributed by atoms with E-state index in [9.17, 15) is 9.59 Å². The molecule has 146 valence electrons. The summed E-state index contributed by atoms with van der Waals surface area (Å²) in [5, 5.41) is 0.186. The molecule has 0 saturated heterocycles. The first-order chi connectivity index (χ1) is 13.4. The van der Waals surface area contributed by atoms with Gasteiger partial charge in [0.05, 0.1) is 23.1 Å². The van der Waals surface area contributed by atoms with Gasteiger partial charge in [0.15, 0.2) is 0 Å². The average molecular weight is 397 g/mol. The van der Waals surface area contributed by atoms with E-state index in [0.29, 0.717) is 10.5 Å². The van der Waals surface area contributed by atoms with E-state index in [-0.39, 0.29) is 29.7 Å².